The summed E-state index contributed by atoms with van der Waals surface area (Å²) >= 11 is 3.22. The average Bonchev–Trinajstić information content (AvgIpc) is 2.89. The number of aromatic carboxylic acids is 1. The number of carboxylic acid groups (broad SMARTS) is 1. The van der Waals surface area contributed by atoms with Crippen LogP contribution in [0.3, 0.4) is 0 Å². The van der Waals surface area contributed by atoms with E-state index in [4.69, 9.17) is 0 Å². The number of carbonyl (C=O) groups is 1. The van der Waals surface area contributed by atoms with Crippen LogP contribution in [0.2, 0.25) is 0 Å². The molecule has 3 aromatic rings. The van der Waals surface area contributed by atoms with Gasteiger partial charge in [-0.25, -0.2) is 9.48 Å². The molecule has 0 aliphatic heterocycles. The lowest BCUT2D eigenvalue weighted by atomic mass is 10.2. The van der Waals surface area contributed by atoms with Crippen molar-refractivity contribution in [1.29, 1.82) is 0 Å². The maximum absolute atomic E-state index is 12.5. The molecule has 1 heterocycles. The summed E-state index contributed by atoms with van der Waals surface area (Å²) in [5.41, 5.74) is 1.14. The molecule has 0 aliphatic rings. The van der Waals surface area contributed by atoms with Gasteiger partial charge in [0.05, 0.1) is 16.9 Å². The highest BCUT2D eigenvalue weighted by molar-refractivity contribution is 9.10. The number of halogens is 1. The highest BCUT2D eigenvalue weighted by atomic mass is 79.9. The fourth-order valence-electron chi connectivity index (χ4n) is 2.29. The predicted octanol–water partition coefficient (Wildman–Crippen LogP) is 4.35. The predicted molar refractivity (Wildman–Crippen MR) is 96.4 cm³/mol. The Hall–Kier alpha value is -3.00. The van der Waals surface area contributed by atoms with Crippen molar-refractivity contribution in [3.63, 3.8) is 0 Å². The lowest BCUT2D eigenvalue weighted by molar-refractivity contribution is 0.0697. The lowest BCUT2D eigenvalue weighted by Crippen LogP contribution is -2.13. The van der Waals surface area contributed by atoms with Crippen LogP contribution in [0, 0.1) is 6.92 Å². The Labute approximate surface area is 150 Å². The van der Waals surface area contributed by atoms with Gasteiger partial charge in [-0.1, -0.05) is 34.1 Å². The Morgan fingerprint density at radius 2 is 1.88 bits per heavy atom. The van der Waals surface area contributed by atoms with Crippen LogP contribution in [0.15, 0.2) is 68.0 Å². The van der Waals surface area contributed by atoms with Crippen LogP contribution in [-0.4, -0.2) is 20.9 Å². The van der Waals surface area contributed by atoms with Crippen molar-refractivity contribution in [3.05, 3.63) is 74.6 Å². The number of aromatic nitrogens is 2. The zero-order valence-electron chi connectivity index (χ0n) is 13.1. The third kappa shape index (κ3) is 3.43. The van der Waals surface area contributed by atoms with Crippen LogP contribution < -0.4 is 5.56 Å². The fraction of sp³-hybridized carbons (Fsp3) is 0.0588. The number of carboxylic acids is 1. The summed E-state index contributed by atoms with van der Waals surface area (Å²) in [4.78, 5) is 23.9. The second-order valence-electron chi connectivity index (χ2n) is 5.23. The average molecular weight is 401 g/mol. The van der Waals surface area contributed by atoms with Gasteiger partial charge in [0, 0.05) is 4.47 Å². The molecule has 0 unspecified atom stereocenters. The number of hydrogen-bond acceptors (Lipinski definition) is 4. The van der Waals surface area contributed by atoms with Crippen molar-refractivity contribution in [2.24, 2.45) is 10.2 Å². The number of aryl methyl sites for hydroxylation is 1. The number of nitrogens with zero attached hydrogens (tertiary/aromatic N) is 3. The number of rotatable bonds is 4. The topological polar surface area (TPSA) is 99.8 Å². The van der Waals surface area contributed by atoms with Crippen molar-refractivity contribution in [3.8, 4) is 5.69 Å². The normalized spacial score (nSPS) is 11.1. The number of azo groups is 1. The first-order chi connectivity index (χ1) is 12.0. The molecule has 0 atom stereocenters. The first kappa shape index (κ1) is 16.8. The van der Waals surface area contributed by atoms with E-state index in [1.54, 1.807) is 25.1 Å². The fourth-order valence-corrected chi connectivity index (χ4v) is 2.65. The minimum Gasteiger partial charge on any atom is -0.478 e. The monoisotopic (exact) mass is 400 g/mol. The molecule has 3 rings (SSSR count). The van der Waals surface area contributed by atoms with E-state index in [2.05, 4.69) is 31.3 Å². The molecule has 0 spiro atoms. The summed E-state index contributed by atoms with van der Waals surface area (Å²) in [6.07, 6.45) is 0. The van der Waals surface area contributed by atoms with Gasteiger partial charge in [0.2, 0.25) is 0 Å². The summed E-state index contributed by atoms with van der Waals surface area (Å²) in [6, 6.07) is 13.7. The number of benzene rings is 2. The van der Waals surface area contributed by atoms with Crippen LogP contribution in [-0.2, 0) is 0 Å². The summed E-state index contributed by atoms with van der Waals surface area (Å²) < 4.78 is 1.98. The molecular formula is C17H13BrN4O3. The van der Waals surface area contributed by atoms with Gasteiger partial charge < -0.3 is 5.11 Å². The standard InChI is InChI=1S/C17H13BrN4O3/c1-10-15(16(23)22(21-10)12-5-3-2-4-6-12)20-19-14-8-7-11(18)9-13(14)17(24)25/h2-9,21H,1H3,(H,24,25). The zero-order chi connectivity index (χ0) is 18.0. The second kappa shape index (κ2) is 6.86. The lowest BCUT2D eigenvalue weighted by Gasteiger charge is -2.00. The van der Waals surface area contributed by atoms with Gasteiger partial charge >= 0.3 is 5.97 Å². The molecule has 0 saturated carbocycles. The molecule has 0 amide bonds. The molecule has 7 nitrogen and oxygen atoms in total. The number of para-hydroxylation sites is 1. The first-order valence-electron chi connectivity index (χ1n) is 7.29. The Balaban J connectivity index is 2.03. The van der Waals surface area contributed by atoms with Crippen LogP contribution in [0.1, 0.15) is 16.1 Å². The van der Waals surface area contributed by atoms with Crippen LogP contribution in [0.4, 0.5) is 11.4 Å². The Morgan fingerprint density at radius 3 is 2.56 bits per heavy atom. The number of hydrogen-bond donors (Lipinski definition) is 2. The van der Waals surface area contributed by atoms with Gasteiger partial charge in [-0.2, -0.15) is 0 Å². The van der Waals surface area contributed by atoms with Crippen LogP contribution >= 0.6 is 15.9 Å². The van der Waals surface area contributed by atoms with E-state index in [9.17, 15) is 14.7 Å². The van der Waals surface area contributed by atoms with Crippen molar-refractivity contribution in [2.75, 3.05) is 0 Å². The van der Waals surface area contributed by atoms with E-state index in [1.165, 1.54) is 16.8 Å². The Morgan fingerprint density at radius 1 is 1.16 bits per heavy atom. The van der Waals surface area contributed by atoms with Gasteiger partial charge in [-0.15, -0.1) is 10.2 Å². The number of H-pyrrole nitrogens is 1. The molecule has 126 valence electrons. The Kier molecular flexibility index (Phi) is 4.62. The van der Waals surface area contributed by atoms with E-state index in [-0.39, 0.29) is 22.5 Å². The maximum Gasteiger partial charge on any atom is 0.338 e. The molecule has 1 aromatic heterocycles. The molecule has 0 saturated heterocycles. The van der Waals surface area contributed by atoms with E-state index >= 15 is 0 Å². The van der Waals surface area contributed by atoms with E-state index in [0.717, 1.165) is 0 Å². The molecule has 0 radical (unpaired) electrons. The Bertz CT molecular complexity index is 1020. The summed E-state index contributed by atoms with van der Waals surface area (Å²) in [5, 5.41) is 20.1. The molecule has 8 heteroatoms. The largest absolute Gasteiger partial charge is 0.478 e. The second-order valence-corrected chi connectivity index (χ2v) is 6.14. The van der Waals surface area contributed by atoms with Gasteiger partial charge in [-0.05, 0) is 37.3 Å². The van der Waals surface area contributed by atoms with E-state index in [0.29, 0.717) is 15.9 Å². The quantitative estimate of drug-likeness (QED) is 0.636. The van der Waals surface area contributed by atoms with E-state index < -0.39 is 5.97 Å². The smallest absolute Gasteiger partial charge is 0.338 e. The first-order valence-corrected chi connectivity index (χ1v) is 8.08. The highest BCUT2D eigenvalue weighted by Crippen LogP contribution is 2.26. The summed E-state index contributed by atoms with van der Waals surface area (Å²) in [7, 11) is 0. The molecule has 25 heavy (non-hydrogen) atoms. The molecule has 0 fully saturated rings. The number of aromatic amines is 1. The van der Waals surface area contributed by atoms with Gasteiger partial charge in [-0.3, -0.25) is 9.89 Å². The molecule has 2 N–H and O–H groups in total. The highest BCUT2D eigenvalue weighted by Gasteiger charge is 2.14. The minimum atomic E-state index is -1.12. The van der Waals surface area contributed by atoms with Gasteiger partial charge in [0.15, 0.2) is 5.69 Å². The van der Waals surface area contributed by atoms with Crippen molar-refractivity contribution >= 4 is 33.3 Å². The van der Waals surface area contributed by atoms with Gasteiger partial charge in [0.1, 0.15) is 5.69 Å². The van der Waals surface area contributed by atoms with Crippen LogP contribution in [0.25, 0.3) is 5.69 Å². The molecule has 0 aliphatic carbocycles. The van der Waals surface area contributed by atoms with Gasteiger partial charge in [0.25, 0.3) is 5.56 Å². The SMILES string of the molecule is Cc1[nH]n(-c2ccccc2)c(=O)c1N=Nc1ccc(Br)cc1C(=O)O. The maximum atomic E-state index is 12.5. The third-order valence-corrected chi connectivity index (χ3v) is 3.99. The van der Waals surface area contributed by atoms with E-state index in [1.807, 2.05) is 18.2 Å². The minimum absolute atomic E-state index is 0.00491. The number of nitrogens with one attached hydrogen (secondary N) is 1. The summed E-state index contributed by atoms with van der Waals surface area (Å²) in [5.74, 6) is -1.12. The van der Waals surface area contributed by atoms with Crippen LogP contribution in [0.5, 0.6) is 0 Å². The zero-order valence-corrected chi connectivity index (χ0v) is 14.7. The third-order valence-electron chi connectivity index (χ3n) is 3.50. The molecular weight excluding hydrogens is 388 g/mol. The molecule has 0 bridgehead atoms. The van der Waals surface area contributed by atoms with Crippen molar-refractivity contribution in [1.82, 2.24) is 9.78 Å². The van der Waals surface area contributed by atoms with Crippen molar-refractivity contribution in [2.45, 2.75) is 6.92 Å². The van der Waals surface area contributed by atoms with Crippen molar-refractivity contribution < 1.29 is 9.90 Å². The summed E-state index contributed by atoms with van der Waals surface area (Å²) in [6.45, 7) is 1.70. The molecule has 2 aromatic carbocycles.